The highest BCUT2D eigenvalue weighted by Crippen LogP contribution is 2.44. The van der Waals surface area contributed by atoms with Crippen LogP contribution >= 0.6 is 0 Å². The van der Waals surface area contributed by atoms with Gasteiger partial charge in [0.2, 0.25) is 5.43 Å². The van der Waals surface area contributed by atoms with Gasteiger partial charge in [-0.3, -0.25) is 4.79 Å². The fourth-order valence-corrected chi connectivity index (χ4v) is 4.75. The van der Waals surface area contributed by atoms with E-state index in [0.717, 1.165) is 11.1 Å². The van der Waals surface area contributed by atoms with Crippen LogP contribution in [0, 0.1) is 12.8 Å². The average Bonchev–Trinajstić information content (AvgIpc) is 2.78. The molecule has 3 atom stereocenters. The van der Waals surface area contributed by atoms with E-state index in [1.165, 1.54) is 6.07 Å². The van der Waals surface area contributed by atoms with Crippen molar-refractivity contribution in [2.24, 2.45) is 5.92 Å². The molecule has 0 amide bonds. The number of aryl methyl sites for hydroxylation is 1. The van der Waals surface area contributed by atoms with Crippen LogP contribution in [0.4, 0.5) is 0 Å². The lowest BCUT2D eigenvalue weighted by molar-refractivity contribution is -0.0936. The Morgan fingerprint density at radius 3 is 2.62 bits per heavy atom. The molecule has 1 aliphatic heterocycles. The van der Waals surface area contributed by atoms with Gasteiger partial charge in [-0.05, 0) is 51.0 Å². The molecule has 2 N–H and O–H groups in total. The molecular formula is C27H32O7. The highest BCUT2D eigenvalue weighted by molar-refractivity contribution is 5.97. The topological polar surface area (TPSA) is 98.4 Å². The zero-order chi connectivity index (χ0) is 24.9. The van der Waals surface area contributed by atoms with Gasteiger partial charge >= 0.3 is 0 Å². The lowest BCUT2D eigenvalue weighted by Crippen LogP contribution is -2.41. The molecule has 7 heteroatoms. The molecule has 34 heavy (non-hydrogen) atoms. The van der Waals surface area contributed by atoms with Crippen molar-refractivity contribution in [2.45, 2.75) is 51.9 Å². The van der Waals surface area contributed by atoms with Crippen molar-refractivity contribution in [3.63, 3.8) is 0 Å². The molecule has 1 aliphatic rings. The number of benzene rings is 2. The lowest BCUT2D eigenvalue weighted by atomic mass is 9.85. The Morgan fingerprint density at radius 2 is 2.00 bits per heavy atom. The second kappa shape index (κ2) is 8.73. The van der Waals surface area contributed by atoms with Gasteiger partial charge < -0.3 is 28.8 Å². The summed E-state index contributed by atoms with van der Waals surface area (Å²) in [5.74, 6) is -0.0706. The fraction of sp³-hybridized carbons (Fsp3) is 0.444. The molecule has 2 aromatic carbocycles. The molecule has 7 nitrogen and oxygen atoms in total. The largest absolute Gasteiger partial charge is 0.507 e. The van der Waals surface area contributed by atoms with Crippen molar-refractivity contribution in [1.29, 1.82) is 0 Å². The summed E-state index contributed by atoms with van der Waals surface area (Å²) in [6.07, 6.45) is -0.909. The second-order valence-corrected chi connectivity index (χ2v) is 9.63. The zero-order valence-corrected chi connectivity index (χ0v) is 20.5. The van der Waals surface area contributed by atoms with Gasteiger partial charge in [-0.15, -0.1) is 0 Å². The fourth-order valence-electron chi connectivity index (χ4n) is 4.75. The van der Waals surface area contributed by atoms with E-state index in [1.54, 1.807) is 26.4 Å². The summed E-state index contributed by atoms with van der Waals surface area (Å²) in [6, 6.07) is 4.95. The van der Waals surface area contributed by atoms with E-state index in [1.807, 2.05) is 27.7 Å². The first-order chi connectivity index (χ1) is 16.0. The van der Waals surface area contributed by atoms with Gasteiger partial charge in [0.25, 0.3) is 0 Å². The van der Waals surface area contributed by atoms with E-state index in [2.05, 4.69) is 6.58 Å². The van der Waals surface area contributed by atoms with Gasteiger partial charge in [-0.1, -0.05) is 18.2 Å². The smallest absolute Gasteiger partial charge is 0.204 e. The third kappa shape index (κ3) is 3.78. The number of methoxy groups -OCH3 is 2. The predicted molar refractivity (Wildman–Crippen MR) is 131 cm³/mol. The third-order valence-electron chi connectivity index (χ3n) is 7.06. The first kappa shape index (κ1) is 24.3. The second-order valence-electron chi connectivity index (χ2n) is 9.63. The van der Waals surface area contributed by atoms with E-state index < -0.39 is 17.1 Å². The maximum atomic E-state index is 13.8. The molecule has 0 spiro atoms. The number of hydrogen-bond acceptors (Lipinski definition) is 7. The van der Waals surface area contributed by atoms with Gasteiger partial charge in [0.05, 0.1) is 29.8 Å². The van der Waals surface area contributed by atoms with Crippen molar-refractivity contribution in [1.82, 2.24) is 0 Å². The number of aliphatic hydroxyl groups excluding tert-OH is 1. The van der Waals surface area contributed by atoms with E-state index in [-0.39, 0.29) is 40.7 Å². The van der Waals surface area contributed by atoms with Crippen molar-refractivity contribution < 1.29 is 28.8 Å². The number of ether oxygens (including phenoxy) is 3. The third-order valence-corrected chi connectivity index (χ3v) is 7.06. The lowest BCUT2D eigenvalue weighted by Gasteiger charge is -2.32. The summed E-state index contributed by atoms with van der Waals surface area (Å²) in [5, 5.41) is 22.1. The standard InChI is InChI=1S/C27H32O7/c1-13(2)16-12-33-25-14(3)10-18-21(22(25)23(16)29)24(30)20-17(28)9-8-15(26(20)34-18)11-19(31-6)27(4,5)32-7/h8-10,16,19,23,28-29H,1,11-12H2,2-7H3/t16-,19+,23-/m1/s1. The summed E-state index contributed by atoms with van der Waals surface area (Å²) in [4.78, 5) is 13.8. The first-order valence-electron chi connectivity index (χ1n) is 11.3. The summed E-state index contributed by atoms with van der Waals surface area (Å²) >= 11 is 0. The Kier molecular flexibility index (Phi) is 6.23. The Balaban J connectivity index is 2.01. The molecule has 0 radical (unpaired) electrons. The number of rotatable bonds is 6. The minimum atomic E-state index is -0.977. The number of aromatic hydroxyl groups is 1. The average molecular weight is 469 g/mol. The maximum absolute atomic E-state index is 13.8. The predicted octanol–water partition coefficient (Wildman–Crippen LogP) is 4.56. The number of hydrogen-bond donors (Lipinski definition) is 2. The van der Waals surface area contributed by atoms with Crippen LogP contribution < -0.4 is 10.2 Å². The molecule has 1 aromatic heterocycles. The number of phenolic OH excluding ortho intramolecular Hbond substituents is 1. The van der Waals surface area contributed by atoms with Crippen LogP contribution in [0.2, 0.25) is 0 Å². The number of phenols is 1. The molecule has 2 heterocycles. The normalized spacial score (nSPS) is 19.1. The van der Waals surface area contributed by atoms with Gasteiger partial charge in [-0.25, -0.2) is 0 Å². The zero-order valence-electron chi connectivity index (χ0n) is 20.5. The van der Waals surface area contributed by atoms with Crippen LogP contribution in [0.5, 0.6) is 11.5 Å². The summed E-state index contributed by atoms with van der Waals surface area (Å²) in [7, 11) is 3.22. The molecule has 0 saturated carbocycles. The molecule has 0 aliphatic carbocycles. The van der Waals surface area contributed by atoms with Crippen LogP contribution in [0.15, 0.2) is 39.6 Å². The van der Waals surface area contributed by atoms with Gasteiger partial charge in [-0.2, -0.15) is 0 Å². The Bertz CT molecular complexity index is 1330. The van der Waals surface area contributed by atoms with Crippen molar-refractivity contribution in [3.8, 4) is 11.5 Å². The molecule has 0 bridgehead atoms. The van der Waals surface area contributed by atoms with Crippen LogP contribution in [0.3, 0.4) is 0 Å². The van der Waals surface area contributed by atoms with Crippen LogP contribution in [-0.2, 0) is 15.9 Å². The summed E-state index contributed by atoms with van der Waals surface area (Å²) in [5.41, 5.74) is 2.19. The molecule has 182 valence electrons. The van der Waals surface area contributed by atoms with Crippen LogP contribution in [0.1, 0.15) is 43.6 Å². The summed E-state index contributed by atoms with van der Waals surface area (Å²) < 4.78 is 23.5. The van der Waals surface area contributed by atoms with E-state index in [4.69, 9.17) is 18.6 Å². The van der Waals surface area contributed by atoms with Crippen molar-refractivity contribution in [2.75, 3.05) is 20.8 Å². The van der Waals surface area contributed by atoms with Crippen molar-refractivity contribution >= 4 is 21.9 Å². The molecule has 0 unspecified atom stereocenters. The number of fused-ring (bicyclic) bond motifs is 4. The number of aliphatic hydroxyl groups is 1. The highest BCUT2D eigenvalue weighted by Gasteiger charge is 2.35. The van der Waals surface area contributed by atoms with Crippen LogP contribution in [0.25, 0.3) is 21.9 Å². The van der Waals surface area contributed by atoms with E-state index in [0.29, 0.717) is 28.9 Å². The monoisotopic (exact) mass is 468 g/mol. The van der Waals surface area contributed by atoms with Gasteiger partial charge in [0, 0.05) is 32.1 Å². The van der Waals surface area contributed by atoms with Gasteiger partial charge in [0.1, 0.15) is 28.1 Å². The Morgan fingerprint density at radius 1 is 1.29 bits per heavy atom. The Labute approximate surface area is 198 Å². The van der Waals surface area contributed by atoms with Crippen LogP contribution in [-0.4, -0.2) is 42.7 Å². The van der Waals surface area contributed by atoms with E-state index >= 15 is 0 Å². The van der Waals surface area contributed by atoms with Crippen molar-refractivity contribution in [3.05, 3.63) is 57.3 Å². The molecule has 0 saturated heterocycles. The minimum absolute atomic E-state index is 0.0609. The quantitative estimate of drug-likeness (QED) is 0.404. The molecule has 4 rings (SSSR count). The first-order valence-corrected chi connectivity index (χ1v) is 11.3. The highest BCUT2D eigenvalue weighted by atomic mass is 16.5. The molecular weight excluding hydrogens is 436 g/mol. The molecule has 0 fully saturated rings. The molecule has 3 aromatic rings. The minimum Gasteiger partial charge on any atom is -0.507 e. The SMILES string of the molecule is C=C(C)[C@H]1COc2c(C)cc3oc4c(C[C@H](OC)C(C)(C)OC)ccc(O)c4c(=O)c3c2[C@@H]1O. The maximum Gasteiger partial charge on any atom is 0.204 e. The Hall–Kier alpha value is -2.87. The summed E-state index contributed by atoms with van der Waals surface area (Å²) in [6.45, 7) is 11.8. The van der Waals surface area contributed by atoms with E-state index in [9.17, 15) is 15.0 Å². The van der Waals surface area contributed by atoms with Gasteiger partial charge in [0.15, 0.2) is 0 Å².